The molecule has 1 aliphatic carbocycles. The zero-order valence-corrected chi connectivity index (χ0v) is 10.6. The highest BCUT2D eigenvalue weighted by molar-refractivity contribution is 7.89. The molecule has 1 aliphatic rings. The van der Waals surface area contributed by atoms with Gasteiger partial charge in [-0.2, -0.15) is 0 Å². The Morgan fingerprint density at radius 2 is 2.11 bits per heavy atom. The number of primary sulfonamides is 1. The van der Waals surface area contributed by atoms with Crippen molar-refractivity contribution in [2.24, 2.45) is 5.14 Å². The molecule has 0 amide bonds. The van der Waals surface area contributed by atoms with Crippen LogP contribution in [0.4, 0.5) is 0 Å². The molecule has 2 heterocycles. The first-order valence-electron chi connectivity index (χ1n) is 5.63. The van der Waals surface area contributed by atoms with E-state index in [2.05, 4.69) is 15.2 Å². The smallest absolute Gasteiger partial charge is 0.273 e. The maximum atomic E-state index is 11.8. The highest BCUT2D eigenvalue weighted by Gasteiger charge is 2.34. The number of hydrogen-bond donors (Lipinski definition) is 2. The lowest BCUT2D eigenvalue weighted by Crippen LogP contribution is -2.19. The number of nitrogens with one attached hydrogen (secondary N) is 1. The van der Waals surface area contributed by atoms with Gasteiger partial charge in [-0.3, -0.25) is 9.36 Å². The van der Waals surface area contributed by atoms with Gasteiger partial charge in [0.15, 0.2) is 11.3 Å². The summed E-state index contributed by atoms with van der Waals surface area (Å²) in [5.74, 6) is 0.230. The first kappa shape index (κ1) is 12.1. The summed E-state index contributed by atoms with van der Waals surface area (Å²) in [4.78, 5) is 14.6. The highest BCUT2D eigenvalue weighted by atomic mass is 32.2. The summed E-state index contributed by atoms with van der Waals surface area (Å²) >= 11 is 0. The molecule has 0 unspecified atom stereocenters. The first-order chi connectivity index (χ1) is 8.98. The Labute approximate surface area is 108 Å². The number of aromatic nitrogens is 4. The van der Waals surface area contributed by atoms with Crippen LogP contribution in [-0.4, -0.2) is 28.2 Å². The number of hydrogen-bond acceptors (Lipinski definition) is 5. The maximum absolute atomic E-state index is 11.8. The summed E-state index contributed by atoms with van der Waals surface area (Å²) in [6, 6.07) is 1.33. The molecule has 3 N–H and O–H groups in total. The van der Waals surface area contributed by atoms with E-state index in [0.717, 1.165) is 12.8 Å². The lowest BCUT2D eigenvalue weighted by Gasteiger charge is -2.06. The fourth-order valence-corrected chi connectivity index (χ4v) is 2.57. The first-order valence-corrected chi connectivity index (χ1v) is 7.18. The van der Waals surface area contributed by atoms with Crippen LogP contribution >= 0.6 is 0 Å². The van der Waals surface area contributed by atoms with Gasteiger partial charge in [-0.25, -0.2) is 13.6 Å². The molecule has 0 atom stereocenters. The Morgan fingerprint density at radius 1 is 1.37 bits per heavy atom. The van der Waals surface area contributed by atoms with Crippen molar-refractivity contribution in [1.29, 1.82) is 0 Å². The number of aromatic amines is 1. The normalized spacial score (nSPS) is 15.6. The largest absolute Gasteiger partial charge is 0.367 e. The molecule has 0 radical (unpaired) electrons. The molecule has 1 saturated carbocycles. The summed E-state index contributed by atoms with van der Waals surface area (Å²) in [5.41, 5.74) is 0.0193. The zero-order chi connectivity index (χ0) is 13.6. The number of nitrogens with zero attached hydrogens (tertiary/aromatic N) is 3. The minimum atomic E-state index is -3.96. The number of H-pyrrole nitrogens is 1. The van der Waals surface area contributed by atoms with Crippen molar-refractivity contribution >= 4 is 10.0 Å². The average molecular weight is 281 g/mol. The molecule has 0 saturated heterocycles. The van der Waals surface area contributed by atoms with E-state index in [1.807, 2.05) is 0 Å². The van der Waals surface area contributed by atoms with E-state index in [9.17, 15) is 13.2 Å². The van der Waals surface area contributed by atoms with E-state index >= 15 is 0 Å². The maximum Gasteiger partial charge on any atom is 0.273 e. The Hall–Kier alpha value is -2.00. The molecule has 100 valence electrons. The second-order valence-electron chi connectivity index (χ2n) is 4.37. The van der Waals surface area contributed by atoms with Crippen LogP contribution in [0.1, 0.15) is 18.9 Å². The van der Waals surface area contributed by atoms with Crippen LogP contribution in [-0.2, 0) is 10.0 Å². The fourth-order valence-electron chi connectivity index (χ4n) is 1.91. The molecule has 2 aromatic rings. The summed E-state index contributed by atoms with van der Waals surface area (Å²) in [5, 5.41) is 12.2. The van der Waals surface area contributed by atoms with E-state index in [1.54, 1.807) is 0 Å². The lowest BCUT2D eigenvalue weighted by atomic mass is 10.2. The highest BCUT2D eigenvalue weighted by Crippen LogP contribution is 2.39. The fraction of sp³-hybridized carbons (Fsp3) is 0.300. The second-order valence-corrected chi connectivity index (χ2v) is 5.83. The summed E-state index contributed by atoms with van der Waals surface area (Å²) in [6.07, 6.45) is 4.60. The molecule has 3 rings (SSSR count). The summed E-state index contributed by atoms with van der Waals surface area (Å²) < 4.78 is 24.4. The Balaban J connectivity index is 2.27. The Bertz CT molecular complexity index is 787. The third-order valence-electron chi connectivity index (χ3n) is 2.90. The third-order valence-corrected chi connectivity index (χ3v) is 3.68. The Morgan fingerprint density at radius 3 is 2.68 bits per heavy atom. The van der Waals surface area contributed by atoms with Gasteiger partial charge in [0.05, 0.1) is 5.56 Å². The number of nitrogens with two attached hydrogens (primary N) is 1. The van der Waals surface area contributed by atoms with E-state index in [0.29, 0.717) is 0 Å². The van der Waals surface area contributed by atoms with Crippen molar-refractivity contribution < 1.29 is 8.42 Å². The quantitative estimate of drug-likeness (QED) is 0.793. The van der Waals surface area contributed by atoms with Gasteiger partial charge in [-0.05, 0) is 12.8 Å². The molecule has 2 aromatic heterocycles. The second kappa shape index (κ2) is 4.00. The van der Waals surface area contributed by atoms with Crippen molar-refractivity contribution in [3.8, 4) is 11.4 Å². The molecule has 8 nitrogen and oxygen atoms in total. The van der Waals surface area contributed by atoms with Crippen LogP contribution in [0.3, 0.4) is 0 Å². The topological polar surface area (TPSA) is 124 Å². The standard InChI is InChI=1S/C10H11N5O3S/c11-19(17,18)10-14-13-9(15(10)6-1-2-6)7-5-12-4-3-8(7)16/h3-6H,1-2H2,(H,12,16)(H2,11,17,18). The minimum Gasteiger partial charge on any atom is -0.367 e. The third kappa shape index (κ3) is 2.06. The van der Waals surface area contributed by atoms with Crippen molar-refractivity contribution in [3.63, 3.8) is 0 Å². The van der Waals surface area contributed by atoms with Crippen LogP contribution < -0.4 is 10.6 Å². The van der Waals surface area contributed by atoms with E-state index in [-0.39, 0.29) is 28.0 Å². The van der Waals surface area contributed by atoms with Crippen LogP contribution in [0, 0.1) is 0 Å². The molecule has 9 heteroatoms. The predicted molar refractivity (Wildman–Crippen MR) is 65.7 cm³/mol. The van der Waals surface area contributed by atoms with Gasteiger partial charge in [0.1, 0.15) is 0 Å². The van der Waals surface area contributed by atoms with Gasteiger partial charge in [-0.1, -0.05) is 0 Å². The van der Waals surface area contributed by atoms with Gasteiger partial charge < -0.3 is 4.98 Å². The van der Waals surface area contributed by atoms with Crippen LogP contribution in [0.2, 0.25) is 0 Å². The van der Waals surface area contributed by atoms with Crippen molar-refractivity contribution in [2.45, 2.75) is 24.0 Å². The summed E-state index contributed by atoms with van der Waals surface area (Å²) in [6.45, 7) is 0. The molecule has 0 aromatic carbocycles. The SMILES string of the molecule is NS(=O)(=O)c1nnc(-c2c[nH]ccc2=O)n1C1CC1. The Kier molecular flexibility index (Phi) is 2.54. The zero-order valence-electron chi connectivity index (χ0n) is 9.78. The van der Waals surface area contributed by atoms with Crippen LogP contribution in [0.5, 0.6) is 0 Å². The van der Waals surface area contributed by atoms with Crippen molar-refractivity contribution in [3.05, 3.63) is 28.7 Å². The van der Waals surface area contributed by atoms with Crippen molar-refractivity contribution in [2.75, 3.05) is 0 Å². The molecular formula is C10H11N5O3S. The van der Waals surface area contributed by atoms with Gasteiger partial charge in [0.25, 0.3) is 15.2 Å². The van der Waals surface area contributed by atoms with E-state index in [1.165, 1.54) is 23.0 Å². The molecule has 0 aliphatic heterocycles. The molecule has 19 heavy (non-hydrogen) atoms. The molecule has 1 fully saturated rings. The van der Waals surface area contributed by atoms with Gasteiger partial charge in [-0.15, -0.1) is 10.2 Å². The molecule has 0 spiro atoms. The average Bonchev–Trinajstić information content (AvgIpc) is 3.07. The van der Waals surface area contributed by atoms with Gasteiger partial charge in [0, 0.05) is 24.5 Å². The van der Waals surface area contributed by atoms with Gasteiger partial charge >= 0.3 is 0 Å². The van der Waals surface area contributed by atoms with E-state index < -0.39 is 10.0 Å². The van der Waals surface area contributed by atoms with Gasteiger partial charge in [0.2, 0.25) is 0 Å². The summed E-state index contributed by atoms with van der Waals surface area (Å²) in [7, 11) is -3.96. The lowest BCUT2D eigenvalue weighted by molar-refractivity contribution is 0.567. The predicted octanol–water partition coefficient (Wildman–Crippen LogP) is -0.384. The number of rotatable bonds is 3. The monoisotopic (exact) mass is 281 g/mol. The van der Waals surface area contributed by atoms with Crippen molar-refractivity contribution in [1.82, 2.24) is 19.7 Å². The number of sulfonamides is 1. The minimum absolute atomic E-state index is 0.0158. The number of pyridine rings is 1. The molecular weight excluding hydrogens is 270 g/mol. The van der Waals surface area contributed by atoms with E-state index in [4.69, 9.17) is 5.14 Å². The van der Waals surface area contributed by atoms with Crippen LogP contribution in [0.15, 0.2) is 28.4 Å². The van der Waals surface area contributed by atoms with Crippen LogP contribution in [0.25, 0.3) is 11.4 Å². The molecule has 0 bridgehead atoms.